The topological polar surface area (TPSA) is 26.3 Å². The molecule has 1 atom stereocenters. The van der Waals surface area contributed by atoms with Crippen LogP contribution in [0.15, 0.2) is 0 Å². The average molecular weight is 238 g/mol. The lowest BCUT2D eigenvalue weighted by molar-refractivity contribution is -0.125. The van der Waals surface area contributed by atoms with Crippen molar-refractivity contribution in [3.05, 3.63) is 0 Å². The second-order valence-corrected chi connectivity index (χ2v) is 5.95. The normalized spacial score (nSPS) is 34.5. The molecule has 0 N–H and O–H groups in total. The fourth-order valence-electron chi connectivity index (χ4n) is 3.12. The molecule has 0 aromatic rings. The van der Waals surface area contributed by atoms with Crippen molar-refractivity contribution >= 4 is 5.78 Å². The van der Waals surface area contributed by atoms with Crippen LogP contribution in [0.3, 0.4) is 0 Å². The van der Waals surface area contributed by atoms with Gasteiger partial charge in [-0.2, -0.15) is 0 Å². The summed E-state index contributed by atoms with van der Waals surface area (Å²) in [6, 6.07) is 0. The number of rotatable bonds is 4. The summed E-state index contributed by atoms with van der Waals surface area (Å²) in [7, 11) is 0. The standard InChI is InChI=1S/C15H26O2/c1-12-5-7-13(8-6-12)15(16)10-9-14-4-2-3-11-17-14/h12-14H,2-11H2,1H3. The number of hydrogen-bond donors (Lipinski definition) is 0. The van der Waals surface area contributed by atoms with E-state index in [1.165, 1.54) is 25.7 Å². The van der Waals surface area contributed by atoms with E-state index in [-0.39, 0.29) is 0 Å². The number of ketones is 1. The van der Waals surface area contributed by atoms with E-state index in [2.05, 4.69) is 6.92 Å². The number of hydrogen-bond acceptors (Lipinski definition) is 2. The first-order valence-corrected chi connectivity index (χ1v) is 7.40. The van der Waals surface area contributed by atoms with Crippen molar-refractivity contribution in [2.24, 2.45) is 11.8 Å². The molecule has 0 amide bonds. The molecule has 0 radical (unpaired) electrons. The Labute approximate surface area is 105 Å². The van der Waals surface area contributed by atoms with Crippen LogP contribution < -0.4 is 0 Å². The zero-order valence-electron chi connectivity index (χ0n) is 11.1. The third kappa shape index (κ3) is 4.09. The minimum Gasteiger partial charge on any atom is -0.378 e. The summed E-state index contributed by atoms with van der Waals surface area (Å²) >= 11 is 0. The lowest BCUT2D eigenvalue weighted by Crippen LogP contribution is -2.24. The quantitative estimate of drug-likeness (QED) is 0.746. The molecule has 1 saturated carbocycles. The fourth-order valence-corrected chi connectivity index (χ4v) is 3.12. The van der Waals surface area contributed by atoms with Crippen LogP contribution in [-0.2, 0) is 9.53 Å². The van der Waals surface area contributed by atoms with Gasteiger partial charge in [-0.05, 0) is 44.4 Å². The molecule has 0 aromatic heterocycles. The first kappa shape index (κ1) is 13.1. The third-order valence-corrected chi connectivity index (χ3v) is 4.46. The van der Waals surface area contributed by atoms with E-state index in [0.717, 1.165) is 44.6 Å². The van der Waals surface area contributed by atoms with Crippen molar-refractivity contribution < 1.29 is 9.53 Å². The van der Waals surface area contributed by atoms with E-state index in [4.69, 9.17) is 4.74 Å². The van der Waals surface area contributed by atoms with Gasteiger partial charge in [0.15, 0.2) is 0 Å². The van der Waals surface area contributed by atoms with E-state index in [9.17, 15) is 4.79 Å². The molecule has 2 aliphatic rings. The molecular formula is C15H26O2. The smallest absolute Gasteiger partial charge is 0.136 e. The Morgan fingerprint density at radius 3 is 2.53 bits per heavy atom. The van der Waals surface area contributed by atoms with Crippen LogP contribution in [0.2, 0.25) is 0 Å². The second-order valence-electron chi connectivity index (χ2n) is 5.95. The van der Waals surface area contributed by atoms with Gasteiger partial charge in [-0.1, -0.05) is 19.8 Å². The molecule has 1 aliphatic heterocycles. The zero-order valence-corrected chi connectivity index (χ0v) is 11.1. The summed E-state index contributed by atoms with van der Waals surface area (Å²) in [5, 5.41) is 0. The second kappa shape index (κ2) is 6.53. The van der Waals surface area contributed by atoms with Gasteiger partial charge in [0.05, 0.1) is 6.10 Å². The Morgan fingerprint density at radius 1 is 1.12 bits per heavy atom. The first-order chi connectivity index (χ1) is 8.25. The van der Waals surface area contributed by atoms with Crippen molar-refractivity contribution in [3.8, 4) is 0 Å². The maximum Gasteiger partial charge on any atom is 0.136 e. The van der Waals surface area contributed by atoms with Gasteiger partial charge in [0, 0.05) is 18.9 Å². The highest BCUT2D eigenvalue weighted by Gasteiger charge is 2.25. The maximum absolute atomic E-state index is 12.1. The van der Waals surface area contributed by atoms with Gasteiger partial charge in [-0.3, -0.25) is 4.79 Å². The number of Topliss-reactive ketones (excluding diaryl/α,β-unsaturated/α-hetero) is 1. The molecule has 1 saturated heterocycles. The highest BCUT2D eigenvalue weighted by Crippen LogP contribution is 2.30. The monoisotopic (exact) mass is 238 g/mol. The minimum absolute atomic E-state index is 0.370. The van der Waals surface area contributed by atoms with Crippen LogP contribution in [-0.4, -0.2) is 18.5 Å². The summed E-state index contributed by atoms with van der Waals surface area (Å²) in [4.78, 5) is 12.1. The Balaban J connectivity index is 1.66. The molecule has 1 unspecified atom stereocenters. The number of carbonyl (C=O) groups is 1. The fraction of sp³-hybridized carbons (Fsp3) is 0.933. The van der Waals surface area contributed by atoms with Gasteiger partial charge in [0.25, 0.3) is 0 Å². The highest BCUT2D eigenvalue weighted by molar-refractivity contribution is 5.81. The Hall–Kier alpha value is -0.370. The van der Waals surface area contributed by atoms with E-state index >= 15 is 0 Å². The third-order valence-electron chi connectivity index (χ3n) is 4.46. The van der Waals surface area contributed by atoms with Crippen LogP contribution in [0.4, 0.5) is 0 Å². The van der Waals surface area contributed by atoms with E-state index in [1.807, 2.05) is 0 Å². The summed E-state index contributed by atoms with van der Waals surface area (Å²) in [6.45, 7) is 3.20. The Kier molecular flexibility index (Phi) is 5.02. The van der Waals surface area contributed by atoms with Crippen LogP contribution in [0.5, 0.6) is 0 Å². The summed E-state index contributed by atoms with van der Waals surface area (Å²) in [5.74, 6) is 1.71. The summed E-state index contributed by atoms with van der Waals surface area (Å²) in [6.07, 6.45) is 10.5. The predicted molar refractivity (Wildman–Crippen MR) is 69.0 cm³/mol. The van der Waals surface area contributed by atoms with Crippen LogP contribution in [0.1, 0.15) is 64.7 Å². The molecular weight excluding hydrogens is 212 g/mol. The SMILES string of the molecule is CC1CCC(C(=O)CCC2CCCCO2)CC1. The minimum atomic E-state index is 0.370. The van der Waals surface area contributed by atoms with Crippen LogP contribution >= 0.6 is 0 Å². The van der Waals surface area contributed by atoms with Gasteiger partial charge in [0.2, 0.25) is 0 Å². The van der Waals surface area contributed by atoms with Gasteiger partial charge in [-0.15, -0.1) is 0 Å². The highest BCUT2D eigenvalue weighted by atomic mass is 16.5. The molecule has 0 aromatic carbocycles. The van der Waals surface area contributed by atoms with E-state index in [0.29, 0.717) is 17.8 Å². The van der Waals surface area contributed by atoms with Crippen LogP contribution in [0, 0.1) is 11.8 Å². The molecule has 2 nitrogen and oxygen atoms in total. The van der Waals surface area contributed by atoms with Crippen LogP contribution in [0.25, 0.3) is 0 Å². The van der Waals surface area contributed by atoms with E-state index in [1.54, 1.807) is 0 Å². The van der Waals surface area contributed by atoms with Crippen molar-refractivity contribution in [3.63, 3.8) is 0 Å². The molecule has 17 heavy (non-hydrogen) atoms. The predicted octanol–water partition coefficient (Wildman–Crippen LogP) is 3.73. The molecule has 1 heterocycles. The Bertz CT molecular complexity index is 235. The molecule has 2 fully saturated rings. The maximum atomic E-state index is 12.1. The molecule has 2 rings (SSSR count). The van der Waals surface area contributed by atoms with Gasteiger partial charge < -0.3 is 4.74 Å². The summed E-state index contributed by atoms with van der Waals surface area (Å²) < 4.78 is 5.68. The molecule has 0 spiro atoms. The Morgan fingerprint density at radius 2 is 1.88 bits per heavy atom. The zero-order chi connectivity index (χ0) is 12.1. The average Bonchev–Trinajstić information content (AvgIpc) is 2.38. The lowest BCUT2D eigenvalue weighted by Gasteiger charge is -2.26. The van der Waals surface area contributed by atoms with Gasteiger partial charge in [0.1, 0.15) is 5.78 Å². The lowest BCUT2D eigenvalue weighted by atomic mass is 9.80. The largest absolute Gasteiger partial charge is 0.378 e. The van der Waals surface area contributed by atoms with Gasteiger partial charge >= 0.3 is 0 Å². The summed E-state index contributed by atoms with van der Waals surface area (Å²) in [5.41, 5.74) is 0. The molecule has 98 valence electrons. The molecule has 1 aliphatic carbocycles. The number of carbonyl (C=O) groups excluding carboxylic acids is 1. The number of ether oxygens (including phenoxy) is 1. The van der Waals surface area contributed by atoms with E-state index < -0.39 is 0 Å². The first-order valence-electron chi connectivity index (χ1n) is 7.40. The van der Waals surface area contributed by atoms with Crippen molar-refractivity contribution in [1.29, 1.82) is 0 Å². The van der Waals surface area contributed by atoms with Crippen molar-refractivity contribution in [2.75, 3.05) is 6.61 Å². The van der Waals surface area contributed by atoms with Crippen molar-refractivity contribution in [1.82, 2.24) is 0 Å². The molecule has 2 heteroatoms. The molecule has 0 bridgehead atoms. The van der Waals surface area contributed by atoms with Crippen molar-refractivity contribution in [2.45, 2.75) is 70.8 Å². The van der Waals surface area contributed by atoms with Gasteiger partial charge in [-0.25, -0.2) is 0 Å².